The van der Waals surface area contributed by atoms with Crippen LogP contribution in [0.3, 0.4) is 0 Å². The molecule has 1 N–H and O–H groups in total. The molecular formula is C24H22N4O3S3. The maximum atomic E-state index is 12.7. The Morgan fingerprint density at radius 1 is 1.00 bits per heavy atom. The summed E-state index contributed by atoms with van der Waals surface area (Å²) in [4.78, 5) is 29.8. The van der Waals surface area contributed by atoms with Crippen molar-refractivity contribution in [2.24, 2.45) is 0 Å². The smallest absolute Gasteiger partial charge is 0.337 e. The number of amides is 1. The van der Waals surface area contributed by atoms with Gasteiger partial charge in [0.05, 0.1) is 29.8 Å². The molecule has 0 aliphatic heterocycles. The van der Waals surface area contributed by atoms with Crippen LogP contribution >= 0.6 is 34.4 Å². The highest BCUT2D eigenvalue weighted by atomic mass is 32.2. The zero-order chi connectivity index (χ0) is 24.1. The van der Waals surface area contributed by atoms with Crippen LogP contribution in [0.4, 0.5) is 5.13 Å². The van der Waals surface area contributed by atoms with Crippen LogP contribution in [-0.4, -0.2) is 34.2 Å². The molecule has 2 aromatic heterocycles. The third-order valence-electron chi connectivity index (χ3n) is 4.84. The van der Waals surface area contributed by atoms with E-state index in [1.54, 1.807) is 12.1 Å². The molecule has 0 atom stereocenters. The summed E-state index contributed by atoms with van der Waals surface area (Å²) < 4.78 is 5.46. The highest BCUT2D eigenvalue weighted by Gasteiger charge is 2.16. The number of carbonyl (C=O) groups excluding carboxylic acids is 2. The van der Waals surface area contributed by atoms with Gasteiger partial charge in [0.15, 0.2) is 4.34 Å². The van der Waals surface area contributed by atoms with Crippen molar-refractivity contribution in [1.82, 2.24) is 15.2 Å². The van der Waals surface area contributed by atoms with Crippen LogP contribution in [0.5, 0.6) is 0 Å². The van der Waals surface area contributed by atoms with E-state index < -0.39 is 0 Å². The van der Waals surface area contributed by atoms with E-state index >= 15 is 0 Å². The summed E-state index contributed by atoms with van der Waals surface area (Å²) in [5, 5.41) is 12.5. The second-order valence-corrected chi connectivity index (χ2v) is 10.9. The number of methoxy groups -OCH3 is 1. The average molecular weight is 511 g/mol. The second kappa shape index (κ2) is 10.9. The van der Waals surface area contributed by atoms with E-state index in [9.17, 15) is 9.59 Å². The fraction of sp³-hybridized carbons (Fsp3) is 0.208. The second-order valence-electron chi connectivity index (χ2n) is 7.45. The number of thiazole rings is 1. The first-order valence-electron chi connectivity index (χ1n) is 10.4. The topological polar surface area (TPSA) is 94.1 Å². The van der Waals surface area contributed by atoms with Gasteiger partial charge in [-0.1, -0.05) is 65.1 Å². The third kappa shape index (κ3) is 6.07. The van der Waals surface area contributed by atoms with Gasteiger partial charge in [-0.2, -0.15) is 0 Å². The van der Waals surface area contributed by atoms with Crippen molar-refractivity contribution in [2.45, 2.75) is 30.4 Å². The van der Waals surface area contributed by atoms with Crippen molar-refractivity contribution in [3.05, 3.63) is 75.1 Å². The molecule has 0 aliphatic rings. The number of carbonyl (C=O) groups is 2. The van der Waals surface area contributed by atoms with E-state index in [0.717, 1.165) is 31.0 Å². The first-order valence-corrected chi connectivity index (χ1v) is 13.0. The maximum absolute atomic E-state index is 12.7. The van der Waals surface area contributed by atoms with E-state index in [1.165, 1.54) is 47.1 Å². The largest absolute Gasteiger partial charge is 0.465 e. The van der Waals surface area contributed by atoms with Crippen LogP contribution in [0.1, 0.15) is 31.4 Å². The molecule has 174 valence electrons. The molecule has 0 saturated carbocycles. The molecule has 0 unspecified atom stereocenters. The first kappa shape index (κ1) is 24.1. The van der Waals surface area contributed by atoms with Gasteiger partial charge in [0.2, 0.25) is 11.0 Å². The number of anilines is 1. The Morgan fingerprint density at radius 3 is 2.44 bits per heavy atom. The van der Waals surface area contributed by atoms with E-state index in [1.807, 2.05) is 50.2 Å². The monoisotopic (exact) mass is 510 g/mol. The first-order chi connectivity index (χ1) is 16.4. The number of aromatic nitrogens is 3. The van der Waals surface area contributed by atoms with Crippen LogP contribution in [-0.2, 0) is 21.7 Å². The summed E-state index contributed by atoms with van der Waals surface area (Å²) in [6, 6.07) is 15.4. The lowest BCUT2D eigenvalue weighted by Crippen LogP contribution is -2.14. The molecule has 1 amide bonds. The number of hydrogen-bond donors (Lipinski definition) is 1. The van der Waals surface area contributed by atoms with Crippen LogP contribution in [0, 0.1) is 13.8 Å². The Balaban J connectivity index is 1.34. The number of thioether (sulfide) groups is 1. The van der Waals surface area contributed by atoms with Crippen molar-refractivity contribution in [3.63, 3.8) is 0 Å². The van der Waals surface area contributed by atoms with Crippen molar-refractivity contribution < 1.29 is 14.3 Å². The van der Waals surface area contributed by atoms with Gasteiger partial charge in [-0.05, 0) is 31.5 Å². The zero-order valence-corrected chi connectivity index (χ0v) is 21.3. The Hall–Kier alpha value is -3.08. The third-order valence-corrected chi connectivity index (χ3v) is 7.85. The predicted octanol–water partition coefficient (Wildman–Crippen LogP) is 5.54. The molecule has 2 aromatic carbocycles. The molecule has 2 heterocycles. The van der Waals surface area contributed by atoms with E-state index in [0.29, 0.717) is 16.4 Å². The molecule has 0 radical (unpaired) electrons. The lowest BCUT2D eigenvalue weighted by atomic mass is 10.1. The van der Waals surface area contributed by atoms with Gasteiger partial charge < -0.3 is 10.1 Å². The Labute approximate surface area is 209 Å². The zero-order valence-electron chi connectivity index (χ0n) is 18.8. The standard InChI is InChI=1S/C24H22N4O3S3/c1-14-4-8-17(9-5-14)21-19(33-15(2)25-21)12-20(29)26-23-27-28-24(34-23)32-13-16-6-10-18(11-7-16)22(30)31-3/h4-11H,12-13H2,1-3H3,(H,26,27,29). The van der Waals surface area contributed by atoms with Gasteiger partial charge >= 0.3 is 5.97 Å². The highest BCUT2D eigenvalue weighted by Crippen LogP contribution is 2.31. The Morgan fingerprint density at radius 2 is 1.74 bits per heavy atom. The van der Waals surface area contributed by atoms with Crippen LogP contribution in [0.15, 0.2) is 52.9 Å². The summed E-state index contributed by atoms with van der Waals surface area (Å²) in [5.41, 5.74) is 4.59. The Kier molecular flexibility index (Phi) is 7.71. The summed E-state index contributed by atoms with van der Waals surface area (Å²) >= 11 is 4.38. The molecule has 4 aromatic rings. The number of esters is 1. The average Bonchev–Trinajstić information content (AvgIpc) is 3.43. The minimum Gasteiger partial charge on any atom is -0.465 e. The molecule has 4 rings (SSSR count). The van der Waals surface area contributed by atoms with Crippen molar-refractivity contribution in [1.29, 1.82) is 0 Å². The molecule has 0 spiro atoms. The molecule has 34 heavy (non-hydrogen) atoms. The number of hydrogen-bond acceptors (Lipinski definition) is 9. The Bertz CT molecular complexity index is 1300. The molecule has 0 aliphatic carbocycles. The van der Waals surface area contributed by atoms with Crippen molar-refractivity contribution >= 4 is 51.4 Å². The molecule has 0 bridgehead atoms. The fourth-order valence-corrected chi connectivity index (χ4v) is 5.83. The fourth-order valence-electron chi connectivity index (χ4n) is 3.15. The summed E-state index contributed by atoms with van der Waals surface area (Å²) in [6.45, 7) is 3.99. The number of ether oxygens (including phenoxy) is 1. The number of nitrogens with one attached hydrogen (secondary N) is 1. The van der Waals surface area contributed by atoms with Crippen molar-refractivity contribution in [3.8, 4) is 11.3 Å². The molecule has 0 saturated heterocycles. The van der Waals surface area contributed by atoms with Gasteiger partial charge in [0.1, 0.15) is 0 Å². The minimum atomic E-state index is -0.358. The molecular weight excluding hydrogens is 488 g/mol. The van der Waals surface area contributed by atoms with Crippen LogP contribution < -0.4 is 5.32 Å². The lowest BCUT2D eigenvalue weighted by Gasteiger charge is -2.03. The number of nitrogens with zero attached hydrogens (tertiary/aromatic N) is 3. The van der Waals surface area contributed by atoms with Gasteiger partial charge in [-0.25, -0.2) is 9.78 Å². The minimum absolute atomic E-state index is 0.150. The molecule has 7 nitrogen and oxygen atoms in total. The van der Waals surface area contributed by atoms with Crippen LogP contribution in [0.2, 0.25) is 0 Å². The molecule has 10 heteroatoms. The van der Waals surface area contributed by atoms with Gasteiger partial charge in [0.25, 0.3) is 0 Å². The van der Waals surface area contributed by atoms with E-state index in [4.69, 9.17) is 4.74 Å². The van der Waals surface area contributed by atoms with Gasteiger partial charge in [-0.3, -0.25) is 4.79 Å². The number of benzene rings is 2. The number of rotatable bonds is 8. The van der Waals surface area contributed by atoms with Crippen LogP contribution in [0.25, 0.3) is 11.3 Å². The quantitative estimate of drug-likeness (QED) is 0.189. The lowest BCUT2D eigenvalue weighted by molar-refractivity contribution is -0.115. The summed E-state index contributed by atoms with van der Waals surface area (Å²) in [6.07, 6.45) is 0.226. The van der Waals surface area contributed by atoms with Crippen molar-refractivity contribution in [2.75, 3.05) is 12.4 Å². The number of aryl methyl sites for hydroxylation is 2. The molecule has 0 fully saturated rings. The summed E-state index contributed by atoms with van der Waals surface area (Å²) in [7, 11) is 1.36. The maximum Gasteiger partial charge on any atom is 0.337 e. The summed E-state index contributed by atoms with van der Waals surface area (Å²) in [5.74, 6) is 0.163. The predicted molar refractivity (Wildman–Crippen MR) is 137 cm³/mol. The highest BCUT2D eigenvalue weighted by molar-refractivity contribution is 8.00. The SMILES string of the molecule is COC(=O)c1ccc(CSc2nnc(NC(=O)Cc3sc(C)nc3-c3ccc(C)cc3)s2)cc1. The normalized spacial score (nSPS) is 10.8. The van der Waals surface area contributed by atoms with E-state index in [-0.39, 0.29) is 18.3 Å². The van der Waals surface area contributed by atoms with E-state index in [2.05, 4.69) is 20.5 Å². The van der Waals surface area contributed by atoms with Gasteiger partial charge in [0, 0.05) is 16.2 Å². The van der Waals surface area contributed by atoms with Gasteiger partial charge in [-0.15, -0.1) is 21.5 Å².